The zero-order chi connectivity index (χ0) is 15.1. The number of hydrogen-bond donors (Lipinski definition) is 0. The molecule has 0 aromatic heterocycles. The summed E-state index contributed by atoms with van der Waals surface area (Å²) < 4.78 is 0. The van der Waals surface area contributed by atoms with Crippen LogP contribution in [0.3, 0.4) is 0 Å². The van der Waals surface area contributed by atoms with Crippen LogP contribution in [0.15, 0.2) is 23.1 Å². The molecule has 0 N–H and O–H groups in total. The molecule has 1 amide bonds. The molecule has 0 fully saturated rings. The van der Waals surface area contributed by atoms with E-state index < -0.39 is 0 Å². The average molecular weight is 314 g/mol. The lowest BCUT2D eigenvalue weighted by Gasteiger charge is -2.22. The van der Waals surface area contributed by atoms with Crippen LogP contribution < -0.4 is 0 Å². The smallest absolute Gasteiger partial charge is 0.225 e. The number of fused-ring (bicyclic) bond motifs is 1. The first-order chi connectivity index (χ1) is 9.61. The number of carbonyl (C=O) groups is 1. The summed E-state index contributed by atoms with van der Waals surface area (Å²) in [7, 11) is 7.04. The van der Waals surface area contributed by atoms with Gasteiger partial charge in [-0.05, 0) is 57.8 Å². The SMILES string of the molecule is CC.CC(C)C(=O)N1CCc2ccc(SCl)cc2CC1. The van der Waals surface area contributed by atoms with Crippen molar-refractivity contribution in [2.45, 2.75) is 45.4 Å². The zero-order valence-corrected chi connectivity index (χ0v) is 14.4. The van der Waals surface area contributed by atoms with E-state index >= 15 is 0 Å². The van der Waals surface area contributed by atoms with Crippen LogP contribution in [-0.2, 0) is 17.6 Å². The Morgan fingerprint density at radius 3 is 2.35 bits per heavy atom. The van der Waals surface area contributed by atoms with Gasteiger partial charge in [0.2, 0.25) is 5.91 Å². The van der Waals surface area contributed by atoms with Crippen molar-refractivity contribution in [3.63, 3.8) is 0 Å². The van der Waals surface area contributed by atoms with Crippen molar-refractivity contribution in [1.29, 1.82) is 0 Å². The first-order valence-corrected chi connectivity index (χ1v) is 8.95. The molecule has 1 heterocycles. The van der Waals surface area contributed by atoms with Crippen LogP contribution >= 0.6 is 21.7 Å². The number of carbonyl (C=O) groups excluding carboxylic acids is 1. The maximum atomic E-state index is 12.0. The largest absolute Gasteiger partial charge is 0.342 e. The van der Waals surface area contributed by atoms with E-state index in [9.17, 15) is 4.79 Å². The third kappa shape index (κ3) is 4.42. The quantitative estimate of drug-likeness (QED) is 0.799. The normalized spacial score (nSPS) is 14.2. The Balaban J connectivity index is 0.000000956. The van der Waals surface area contributed by atoms with Gasteiger partial charge in [-0.25, -0.2) is 0 Å². The Bertz CT molecular complexity index is 448. The Morgan fingerprint density at radius 2 is 1.80 bits per heavy atom. The third-order valence-corrected chi connectivity index (χ3v) is 4.34. The van der Waals surface area contributed by atoms with E-state index in [1.54, 1.807) is 0 Å². The lowest BCUT2D eigenvalue weighted by molar-refractivity contribution is -0.134. The van der Waals surface area contributed by atoms with Gasteiger partial charge >= 0.3 is 0 Å². The molecule has 112 valence electrons. The molecule has 1 aromatic rings. The molecule has 0 spiro atoms. The summed E-state index contributed by atoms with van der Waals surface area (Å²) in [5, 5.41) is 0. The molecule has 0 radical (unpaired) electrons. The lowest BCUT2D eigenvalue weighted by atomic mass is 10.0. The van der Waals surface area contributed by atoms with E-state index in [0.29, 0.717) is 0 Å². The molecule has 1 aliphatic heterocycles. The Labute approximate surface area is 131 Å². The van der Waals surface area contributed by atoms with Gasteiger partial charge < -0.3 is 4.90 Å². The second-order valence-corrected chi connectivity index (χ2v) is 6.08. The van der Waals surface area contributed by atoms with E-state index in [1.165, 1.54) is 22.1 Å². The highest BCUT2D eigenvalue weighted by atomic mass is 35.7. The lowest BCUT2D eigenvalue weighted by Crippen LogP contribution is -2.36. The van der Waals surface area contributed by atoms with Crippen LogP contribution in [0.4, 0.5) is 0 Å². The molecular weight excluding hydrogens is 290 g/mol. The van der Waals surface area contributed by atoms with Gasteiger partial charge in [0.25, 0.3) is 0 Å². The van der Waals surface area contributed by atoms with Gasteiger partial charge in [0.1, 0.15) is 0 Å². The summed E-state index contributed by atoms with van der Waals surface area (Å²) in [6, 6.07) is 6.34. The number of nitrogens with zero attached hydrogens (tertiary/aromatic N) is 1. The molecule has 0 bridgehead atoms. The standard InChI is InChI=1S/C14H18ClNOS.C2H6/c1-10(2)14(17)16-7-5-11-3-4-13(18-15)9-12(11)6-8-16;1-2/h3-4,9-10H,5-8H2,1-2H3;1-2H3. The van der Waals surface area contributed by atoms with E-state index in [1.807, 2.05) is 32.6 Å². The van der Waals surface area contributed by atoms with Crippen molar-refractivity contribution in [2.75, 3.05) is 13.1 Å². The van der Waals surface area contributed by atoms with Crippen molar-refractivity contribution in [3.05, 3.63) is 29.3 Å². The van der Waals surface area contributed by atoms with Gasteiger partial charge in [0, 0.05) is 23.9 Å². The van der Waals surface area contributed by atoms with E-state index in [0.717, 1.165) is 30.8 Å². The van der Waals surface area contributed by atoms with Crippen molar-refractivity contribution >= 4 is 27.6 Å². The maximum absolute atomic E-state index is 12.0. The van der Waals surface area contributed by atoms with Crippen LogP contribution in [0.2, 0.25) is 0 Å². The van der Waals surface area contributed by atoms with Gasteiger partial charge in [0.15, 0.2) is 0 Å². The Morgan fingerprint density at radius 1 is 1.20 bits per heavy atom. The van der Waals surface area contributed by atoms with Crippen molar-refractivity contribution < 1.29 is 4.79 Å². The fourth-order valence-corrected chi connectivity index (χ4v) is 2.93. The van der Waals surface area contributed by atoms with Crippen LogP contribution in [-0.4, -0.2) is 23.9 Å². The van der Waals surface area contributed by atoms with Crippen molar-refractivity contribution in [1.82, 2.24) is 4.90 Å². The van der Waals surface area contributed by atoms with Gasteiger partial charge in [-0.15, -0.1) is 0 Å². The monoisotopic (exact) mass is 313 g/mol. The van der Waals surface area contributed by atoms with Crippen molar-refractivity contribution in [3.8, 4) is 0 Å². The number of hydrogen-bond acceptors (Lipinski definition) is 2. The minimum atomic E-state index is 0.0835. The van der Waals surface area contributed by atoms with Crippen LogP contribution in [0, 0.1) is 5.92 Å². The van der Waals surface area contributed by atoms with Gasteiger partial charge in [-0.2, -0.15) is 0 Å². The van der Waals surface area contributed by atoms with Gasteiger partial charge in [-0.3, -0.25) is 4.79 Å². The molecular formula is C16H24ClNOS. The Hall–Kier alpha value is -0.670. The van der Waals surface area contributed by atoms with E-state index in [4.69, 9.17) is 10.7 Å². The molecule has 1 aliphatic rings. The number of amides is 1. The summed E-state index contributed by atoms with van der Waals surface area (Å²) in [5.74, 6) is 0.343. The molecule has 0 saturated carbocycles. The molecule has 0 unspecified atom stereocenters. The summed E-state index contributed by atoms with van der Waals surface area (Å²) >= 11 is 0. The Kier molecular flexibility index (Phi) is 7.46. The molecule has 4 heteroatoms. The van der Waals surface area contributed by atoms with Crippen LogP contribution in [0.25, 0.3) is 0 Å². The van der Waals surface area contributed by atoms with E-state index in [2.05, 4.69) is 18.2 Å². The molecule has 0 saturated heterocycles. The number of halogens is 1. The van der Waals surface area contributed by atoms with Gasteiger partial charge in [-0.1, -0.05) is 33.8 Å². The summed E-state index contributed by atoms with van der Waals surface area (Å²) in [6.45, 7) is 9.57. The fourth-order valence-electron chi connectivity index (χ4n) is 2.34. The average Bonchev–Trinajstić information content (AvgIpc) is 2.70. The first kappa shape index (κ1) is 17.4. The highest BCUT2D eigenvalue weighted by molar-refractivity contribution is 8.21. The zero-order valence-electron chi connectivity index (χ0n) is 12.8. The molecule has 2 nitrogen and oxygen atoms in total. The predicted molar refractivity (Wildman–Crippen MR) is 88.3 cm³/mol. The highest BCUT2D eigenvalue weighted by Crippen LogP contribution is 2.26. The van der Waals surface area contributed by atoms with E-state index in [-0.39, 0.29) is 11.8 Å². The summed E-state index contributed by atoms with van der Waals surface area (Å²) in [5.41, 5.74) is 2.68. The fraction of sp³-hybridized carbons (Fsp3) is 0.562. The topological polar surface area (TPSA) is 20.3 Å². The van der Waals surface area contributed by atoms with Crippen LogP contribution in [0.5, 0.6) is 0 Å². The third-order valence-electron chi connectivity index (χ3n) is 3.37. The summed E-state index contributed by atoms with van der Waals surface area (Å²) in [4.78, 5) is 15.1. The number of rotatable bonds is 2. The highest BCUT2D eigenvalue weighted by Gasteiger charge is 2.20. The second kappa shape index (κ2) is 8.58. The van der Waals surface area contributed by atoms with Gasteiger partial charge in [0.05, 0.1) is 0 Å². The number of benzene rings is 1. The predicted octanol–water partition coefficient (Wildman–Crippen LogP) is 4.54. The molecule has 20 heavy (non-hydrogen) atoms. The molecule has 0 aliphatic carbocycles. The maximum Gasteiger partial charge on any atom is 0.225 e. The van der Waals surface area contributed by atoms with Crippen LogP contribution in [0.1, 0.15) is 38.8 Å². The molecule has 1 aromatic carbocycles. The molecule has 0 atom stereocenters. The summed E-state index contributed by atoms with van der Waals surface area (Å²) in [6.07, 6.45) is 1.88. The second-order valence-electron chi connectivity index (χ2n) is 4.99. The molecule has 2 rings (SSSR count). The minimum absolute atomic E-state index is 0.0835. The first-order valence-electron chi connectivity index (χ1n) is 7.31. The van der Waals surface area contributed by atoms with Crippen molar-refractivity contribution in [2.24, 2.45) is 5.92 Å². The minimum Gasteiger partial charge on any atom is -0.342 e.